The zero-order valence-electron chi connectivity index (χ0n) is 17.6. The zero-order chi connectivity index (χ0) is 21.2. The number of fused-ring (bicyclic) bond motifs is 2. The third kappa shape index (κ3) is 3.08. The van der Waals surface area contributed by atoms with Gasteiger partial charge in [-0.05, 0) is 24.1 Å². The fraction of sp³-hybridized carbons (Fsp3) is 0.565. The van der Waals surface area contributed by atoms with Crippen LogP contribution in [-0.4, -0.2) is 77.1 Å². The molecule has 3 saturated heterocycles. The first-order valence-electron chi connectivity index (χ1n) is 11.0. The summed E-state index contributed by atoms with van der Waals surface area (Å²) in [5.74, 6) is 1.73. The van der Waals surface area contributed by atoms with Crippen LogP contribution in [-0.2, 0) is 17.7 Å². The second-order valence-corrected chi connectivity index (χ2v) is 9.39. The van der Waals surface area contributed by atoms with E-state index in [0.717, 1.165) is 38.4 Å². The van der Waals surface area contributed by atoms with Crippen LogP contribution in [0.1, 0.15) is 27.4 Å². The van der Waals surface area contributed by atoms with Crippen LogP contribution >= 0.6 is 0 Å². The average molecular weight is 425 g/mol. The van der Waals surface area contributed by atoms with Gasteiger partial charge in [0.2, 0.25) is 0 Å². The van der Waals surface area contributed by atoms with Crippen molar-refractivity contribution in [1.82, 2.24) is 15.0 Å². The van der Waals surface area contributed by atoms with Gasteiger partial charge in [-0.25, -0.2) is 0 Å². The molecular weight excluding hydrogens is 398 g/mol. The highest BCUT2D eigenvalue weighted by Gasteiger charge is 2.62. The number of carbonyl (C=O) groups excluding carboxylic acids is 1. The molecule has 8 nitrogen and oxygen atoms in total. The quantitative estimate of drug-likeness (QED) is 0.789. The van der Waals surface area contributed by atoms with Gasteiger partial charge in [-0.2, -0.15) is 0 Å². The lowest BCUT2D eigenvalue weighted by molar-refractivity contribution is -0.108. The van der Waals surface area contributed by atoms with Gasteiger partial charge >= 0.3 is 0 Å². The van der Waals surface area contributed by atoms with Crippen LogP contribution in [0.3, 0.4) is 0 Å². The maximum absolute atomic E-state index is 13.1. The van der Waals surface area contributed by atoms with E-state index in [1.54, 1.807) is 13.0 Å². The SMILES string of the molecule is Cc1cc(C(=O)N2C[C@H]3O[C@@]4(CN(Cc5ccc6c(c5)CCO6)C[C@@H]4[C@@H]3CO)C2)no1. The van der Waals surface area contributed by atoms with Gasteiger partial charge in [-0.15, -0.1) is 0 Å². The van der Waals surface area contributed by atoms with Crippen LogP contribution in [0.2, 0.25) is 0 Å². The van der Waals surface area contributed by atoms with Gasteiger partial charge in [0.25, 0.3) is 5.91 Å². The number of ether oxygens (including phenoxy) is 2. The van der Waals surface area contributed by atoms with Crippen molar-refractivity contribution >= 4 is 5.91 Å². The number of amides is 1. The Labute approximate surface area is 180 Å². The molecular formula is C23H27N3O5. The molecule has 0 saturated carbocycles. The summed E-state index contributed by atoms with van der Waals surface area (Å²) in [5.41, 5.74) is 2.43. The summed E-state index contributed by atoms with van der Waals surface area (Å²) in [7, 11) is 0. The minimum absolute atomic E-state index is 0.0373. The molecule has 2 bridgehead atoms. The third-order valence-electron chi connectivity index (χ3n) is 7.37. The van der Waals surface area contributed by atoms with E-state index < -0.39 is 5.60 Å². The standard InChI is InChI=1S/C23H27N3O5/c1-14-6-19(24-31-14)22(28)26-10-21-17(11-27)18-9-25(12-23(18,13-26)30-21)8-15-2-3-20-16(7-15)4-5-29-20/h2-3,6-7,17-18,21,27H,4-5,8-13H2,1H3/t17-,18+,21+,23-/m0/s1. The van der Waals surface area contributed by atoms with E-state index in [0.29, 0.717) is 24.5 Å². The molecule has 164 valence electrons. The zero-order valence-corrected chi connectivity index (χ0v) is 17.6. The summed E-state index contributed by atoms with van der Waals surface area (Å²) >= 11 is 0. The van der Waals surface area contributed by atoms with Gasteiger partial charge in [0.1, 0.15) is 17.1 Å². The van der Waals surface area contributed by atoms with Crippen molar-refractivity contribution in [3.05, 3.63) is 46.8 Å². The smallest absolute Gasteiger partial charge is 0.276 e. The predicted octanol–water partition coefficient (Wildman–Crippen LogP) is 1.25. The molecule has 1 aromatic heterocycles. The van der Waals surface area contributed by atoms with Crippen molar-refractivity contribution in [2.45, 2.75) is 31.6 Å². The topological polar surface area (TPSA) is 88.3 Å². The minimum Gasteiger partial charge on any atom is -0.493 e. The highest BCUT2D eigenvalue weighted by Crippen LogP contribution is 2.49. The number of carbonyl (C=O) groups is 1. The van der Waals surface area contributed by atoms with Crippen molar-refractivity contribution in [2.75, 3.05) is 39.4 Å². The highest BCUT2D eigenvalue weighted by molar-refractivity contribution is 5.92. The van der Waals surface area contributed by atoms with E-state index in [1.807, 2.05) is 4.90 Å². The predicted molar refractivity (Wildman–Crippen MR) is 110 cm³/mol. The fourth-order valence-corrected chi connectivity index (χ4v) is 6.03. The van der Waals surface area contributed by atoms with Crippen LogP contribution in [0, 0.1) is 18.8 Å². The lowest BCUT2D eigenvalue weighted by Crippen LogP contribution is -2.55. The minimum atomic E-state index is -0.440. The average Bonchev–Trinajstić information content (AvgIpc) is 3.50. The van der Waals surface area contributed by atoms with E-state index in [4.69, 9.17) is 14.0 Å². The van der Waals surface area contributed by atoms with Gasteiger partial charge < -0.3 is 24.0 Å². The molecule has 4 aliphatic rings. The van der Waals surface area contributed by atoms with Gasteiger partial charge in [0.15, 0.2) is 5.69 Å². The molecule has 4 atom stereocenters. The summed E-state index contributed by atoms with van der Waals surface area (Å²) in [5, 5.41) is 14.0. The molecule has 1 aromatic carbocycles. The van der Waals surface area contributed by atoms with Crippen LogP contribution in [0.5, 0.6) is 5.75 Å². The van der Waals surface area contributed by atoms with Crippen LogP contribution in [0.15, 0.2) is 28.8 Å². The highest BCUT2D eigenvalue weighted by atomic mass is 16.5. The van der Waals surface area contributed by atoms with Crippen LogP contribution in [0.4, 0.5) is 0 Å². The second kappa shape index (κ2) is 7.05. The maximum Gasteiger partial charge on any atom is 0.276 e. The van der Waals surface area contributed by atoms with E-state index in [2.05, 4.69) is 28.3 Å². The van der Waals surface area contributed by atoms with Crippen LogP contribution in [0.25, 0.3) is 0 Å². The molecule has 0 radical (unpaired) electrons. The van der Waals surface area contributed by atoms with E-state index in [1.165, 1.54) is 11.1 Å². The molecule has 31 heavy (non-hydrogen) atoms. The van der Waals surface area contributed by atoms with Crippen LogP contribution < -0.4 is 4.74 Å². The normalized spacial score (nSPS) is 31.5. The van der Waals surface area contributed by atoms with E-state index in [-0.39, 0.29) is 30.5 Å². The molecule has 6 rings (SSSR count). The lowest BCUT2D eigenvalue weighted by atomic mass is 9.83. The summed E-state index contributed by atoms with van der Waals surface area (Å²) in [6.07, 6.45) is 0.825. The lowest BCUT2D eigenvalue weighted by Gasteiger charge is -2.40. The van der Waals surface area contributed by atoms with Gasteiger partial charge in [0.05, 0.1) is 19.3 Å². The number of aryl methyl sites for hydroxylation is 1. The number of morpholine rings is 1. The number of aliphatic hydroxyl groups excluding tert-OH is 1. The van der Waals surface area contributed by atoms with E-state index in [9.17, 15) is 9.90 Å². The Balaban J connectivity index is 1.22. The molecule has 0 aliphatic carbocycles. The number of hydrogen-bond donors (Lipinski definition) is 1. The maximum atomic E-state index is 13.1. The van der Waals surface area contributed by atoms with Crippen molar-refractivity contribution in [1.29, 1.82) is 0 Å². The summed E-state index contributed by atoms with van der Waals surface area (Å²) < 4.78 is 17.2. The molecule has 1 spiro atoms. The summed E-state index contributed by atoms with van der Waals surface area (Å²) in [6, 6.07) is 8.12. The monoisotopic (exact) mass is 425 g/mol. The summed E-state index contributed by atoms with van der Waals surface area (Å²) in [4.78, 5) is 17.3. The number of aromatic nitrogens is 1. The number of benzene rings is 1. The Bertz CT molecular complexity index is 1020. The van der Waals surface area contributed by atoms with Crippen molar-refractivity contribution in [3.8, 4) is 5.75 Å². The number of rotatable bonds is 4. The van der Waals surface area contributed by atoms with Gasteiger partial charge in [0, 0.05) is 57.1 Å². The molecule has 0 unspecified atom stereocenters. The Morgan fingerprint density at radius 2 is 2.19 bits per heavy atom. The molecule has 1 N–H and O–H groups in total. The molecule has 8 heteroatoms. The molecule has 1 amide bonds. The largest absolute Gasteiger partial charge is 0.493 e. The fourth-order valence-electron chi connectivity index (χ4n) is 6.03. The first kappa shape index (κ1) is 19.3. The van der Waals surface area contributed by atoms with Crippen molar-refractivity contribution in [3.63, 3.8) is 0 Å². The Morgan fingerprint density at radius 1 is 1.29 bits per heavy atom. The number of nitrogens with zero attached hydrogens (tertiary/aromatic N) is 3. The van der Waals surface area contributed by atoms with Crippen molar-refractivity contribution in [2.24, 2.45) is 11.8 Å². The number of aliphatic hydroxyl groups is 1. The Kier molecular flexibility index (Phi) is 4.38. The summed E-state index contributed by atoms with van der Waals surface area (Å²) in [6.45, 7) is 6.06. The van der Waals surface area contributed by atoms with E-state index >= 15 is 0 Å². The molecule has 2 aromatic rings. The molecule has 4 aliphatic heterocycles. The first-order valence-corrected chi connectivity index (χ1v) is 11.0. The van der Waals surface area contributed by atoms with Gasteiger partial charge in [-0.3, -0.25) is 9.69 Å². The first-order chi connectivity index (χ1) is 15.0. The molecule has 5 heterocycles. The third-order valence-corrected chi connectivity index (χ3v) is 7.37. The van der Waals surface area contributed by atoms with Gasteiger partial charge in [-0.1, -0.05) is 17.3 Å². The number of hydrogen-bond acceptors (Lipinski definition) is 7. The Morgan fingerprint density at radius 3 is 3.00 bits per heavy atom. The number of likely N-dealkylation sites (tertiary alicyclic amines) is 2. The molecule has 3 fully saturated rings. The Hall–Kier alpha value is -2.42. The van der Waals surface area contributed by atoms with Crippen molar-refractivity contribution < 1.29 is 23.9 Å². The second-order valence-electron chi connectivity index (χ2n) is 9.39.